The second-order valence-electron chi connectivity index (χ2n) is 4.75. The highest BCUT2D eigenvalue weighted by atomic mass is 19.4. The Balaban J connectivity index is 2.31. The quantitative estimate of drug-likeness (QED) is 0.615. The number of hydrogen-bond donors (Lipinski definition) is 0. The molecule has 5 nitrogen and oxygen atoms in total. The number of carbonyl (C=O) groups is 1. The number of rotatable bonds is 5. The topological polar surface area (TPSA) is 59.2 Å². The summed E-state index contributed by atoms with van der Waals surface area (Å²) in [6, 6.07) is 3.31. The summed E-state index contributed by atoms with van der Waals surface area (Å²) in [4.78, 5) is 16.7. The van der Waals surface area contributed by atoms with E-state index in [-0.39, 0.29) is 17.7 Å². The molecule has 9 heteroatoms. The van der Waals surface area contributed by atoms with E-state index in [0.29, 0.717) is 6.54 Å². The average molecular weight is 343 g/mol. The van der Waals surface area contributed by atoms with Gasteiger partial charge in [0.1, 0.15) is 5.82 Å². The third-order valence-electron chi connectivity index (χ3n) is 3.14. The smallest absolute Gasteiger partial charge is 0.335 e. The van der Waals surface area contributed by atoms with Gasteiger partial charge < -0.3 is 9.42 Å². The van der Waals surface area contributed by atoms with Crippen molar-refractivity contribution in [3.63, 3.8) is 0 Å². The highest BCUT2D eigenvalue weighted by Gasteiger charge is 2.38. The molecule has 0 aliphatic rings. The van der Waals surface area contributed by atoms with Crippen LogP contribution in [0.4, 0.5) is 17.6 Å². The second kappa shape index (κ2) is 6.81. The summed E-state index contributed by atoms with van der Waals surface area (Å²) < 4.78 is 55.6. The molecule has 0 saturated heterocycles. The Morgan fingerprint density at radius 3 is 2.62 bits per heavy atom. The lowest BCUT2D eigenvalue weighted by atomic mass is 10.1. The van der Waals surface area contributed by atoms with Crippen molar-refractivity contribution in [2.24, 2.45) is 0 Å². The number of amides is 1. The van der Waals surface area contributed by atoms with E-state index in [1.54, 1.807) is 6.92 Å². The zero-order chi connectivity index (χ0) is 17.9. The van der Waals surface area contributed by atoms with Crippen molar-refractivity contribution in [2.75, 3.05) is 13.1 Å². The summed E-state index contributed by atoms with van der Waals surface area (Å²) in [6.07, 6.45) is -3.28. The first-order valence-corrected chi connectivity index (χ1v) is 6.89. The lowest BCUT2D eigenvalue weighted by Gasteiger charge is -2.19. The van der Waals surface area contributed by atoms with Gasteiger partial charge in [0.15, 0.2) is 0 Å². The lowest BCUT2D eigenvalue weighted by Crippen LogP contribution is -2.31. The number of likely N-dealkylation sites (N-methyl/N-ethyl adjacent to an activating group) is 1. The summed E-state index contributed by atoms with van der Waals surface area (Å²) in [5, 5.41) is 3.17. The third-order valence-corrected chi connectivity index (χ3v) is 3.14. The van der Waals surface area contributed by atoms with E-state index in [1.165, 1.54) is 23.1 Å². The van der Waals surface area contributed by atoms with Crippen molar-refractivity contribution in [3.8, 4) is 11.4 Å². The van der Waals surface area contributed by atoms with Gasteiger partial charge in [-0.05, 0) is 19.1 Å². The molecule has 24 heavy (non-hydrogen) atoms. The summed E-state index contributed by atoms with van der Waals surface area (Å²) in [5.74, 6) is -3.39. The summed E-state index contributed by atoms with van der Waals surface area (Å²) in [7, 11) is 0. The van der Waals surface area contributed by atoms with Crippen molar-refractivity contribution >= 4 is 5.91 Å². The van der Waals surface area contributed by atoms with Crippen LogP contribution in [0, 0.1) is 5.82 Å². The van der Waals surface area contributed by atoms with E-state index in [0.717, 1.165) is 6.07 Å². The van der Waals surface area contributed by atoms with E-state index in [4.69, 9.17) is 0 Å². The average Bonchev–Trinajstić information content (AvgIpc) is 3.02. The Bertz CT molecular complexity index is 755. The van der Waals surface area contributed by atoms with Crippen LogP contribution in [0.1, 0.15) is 23.2 Å². The van der Waals surface area contributed by atoms with Gasteiger partial charge in [-0.25, -0.2) is 4.39 Å². The summed E-state index contributed by atoms with van der Waals surface area (Å²) in [5.41, 5.74) is -0.239. The van der Waals surface area contributed by atoms with E-state index in [9.17, 15) is 22.4 Å². The molecular formula is C15H13F4N3O2. The van der Waals surface area contributed by atoms with Gasteiger partial charge >= 0.3 is 12.1 Å². The fraction of sp³-hybridized carbons (Fsp3) is 0.267. The number of benzene rings is 1. The Kier molecular flexibility index (Phi) is 5.01. The van der Waals surface area contributed by atoms with Crippen LogP contribution in [-0.2, 0) is 6.18 Å². The summed E-state index contributed by atoms with van der Waals surface area (Å²) in [6.45, 7) is 5.84. The van der Waals surface area contributed by atoms with Gasteiger partial charge in [0.2, 0.25) is 5.82 Å². The van der Waals surface area contributed by atoms with E-state index in [2.05, 4.69) is 21.2 Å². The predicted octanol–water partition coefficient (Wildman–Crippen LogP) is 3.54. The molecule has 1 aromatic heterocycles. The van der Waals surface area contributed by atoms with Gasteiger partial charge in [0.05, 0.1) is 5.56 Å². The van der Waals surface area contributed by atoms with Gasteiger partial charge in [-0.3, -0.25) is 4.79 Å². The Labute approximate surface area is 134 Å². The zero-order valence-corrected chi connectivity index (χ0v) is 12.6. The molecule has 1 heterocycles. The molecule has 128 valence electrons. The minimum Gasteiger partial charge on any atom is -0.335 e. The van der Waals surface area contributed by atoms with Crippen molar-refractivity contribution in [3.05, 3.63) is 48.1 Å². The largest absolute Gasteiger partial charge is 0.471 e. The number of carbonyl (C=O) groups excluding carboxylic acids is 1. The van der Waals surface area contributed by atoms with Gasteiger partial charge in [0, 0.05) is 18.7 Å². The van der Waals surface area contributed by atoms with Gasteiger partial charge in [-0.15, -0.1) is 6.58 Å². The molecule has 1 amide bonds. The molecule has 2 aromatic rings. The van der Waals surface area contributed by atoms with Crippen LogP contribution in [0.25, 0.3) is 11.4 Å². The fourth-order valence-electron chi connectivity index (χ4n) is 1.97. The fourth-order valence-corrected chi connectivity index (χ4v) is 1.97. The molecule has 0 spiro atoms. The number of hydrogen-bond acceptors (Lipinski definition) is 4. The van der Waals surface area contributed by atoms with Gasteiger partial charge in [-0.1, -0.05) is 17.3 Å². The molecule has 0 saturated carbocycles. The highest BCUT2D eigenvalue weighted by Crippen LogP contribution is 2.29. The van der Waals surface area contributed by atoms with Crippen molar-refractivity contribution in [2.45, 2.75) is 13.1 Å². The zero-order valence-electron chi connectivity index (χ0n) is 12.6. The molecule has 0 bridgehead atoms. The van der Waals surface area contributed by atoms with Crippen LogP contribution >= 0.6 is 0 Å². The molecule has 2 rings (SSSR count). The van der Waals surface area contributed by atoms with Crippen LogP contribution in [0.15, 0.2) is 35.4 Å². The van der Waals surface area contributed by atoms with Crippen molar-refractivity contribution in [1.29, 1.82) is 0 Å². The maximum atomic E-state index is 14.2. The van der Waals surface area contributed by atoms with Crippen LogP contribution in [0.3, 0.4) is 0 Å². The van der Waals surface area contributed by atoms with E-state index >= 15 is 0 Å². The third kappa shape index (κ3) is 3.61. The molecule has 0 N–H and O–H groups in total. The minimum atomic E-state index is -4.79. The maximum absolute atomic E-state index is 14.2. The molecule has 0 fully saturated rings. The van der Waals surface area contributed by atoms with Crippen molar-refractivity contribution in [1.82, 2.24) is 15.0 Å². The van der Waals surface area contributed by atoms with Crippen LogP contribution in [0.2, 0.25) is 0 Å². The van der Waals surface area contributed by atoms with Crippen LogP contribution < -0.4 is 0 Å². The normalized spacial score (nSPS) is 11.4. The number of alkyl halides is 3. The first-order valence-electron chi connectivity index (χ1n) is 6.89. The number of halogens is 4. The molecular weight excluding hydrogens is 330 g/mol. The van der Waals surface area contributed by atoms with Crippen LogP contribution in [-0.4, -0.2) is 34.0 Å². The first kappa shape index (κ1) is 17.6. The Hall–Kier alpha value is -2.71. The monoisotopic (exact) mass is 343 g/mol. The standard InChI is InChI=1S/C15H13F4N3O2/c1-3-7-22(4-2)13(23)10-6-5-9(8-11(10)16)12-20-14(24-21-12)15(17,18)19/h3,5-6,8H,1,4,7H2,2H3. The summed E-state index contributed by atoms with van der Waals surface area (Å²) >= 11 is 0. The number of aromatic nitrogens is 2. The van der Waals surface area contributed by atoms with Gasteiger partial charge in [0.25, 0.3) is 5.91 Å². The SMILES string of the molecule is C=CCN(CC)C(=O)c1ccc(-c2noc(C(F)(F)F)n2)cc1F. The number of nitrogens with zero attached hydrogens (tertiary/aromatic N) is 3. The molecule has 1 aromatic carbocycles. The molecule has 0 aliphatic carbocycles. The molecule has 0 atom stereocenters. The van der Waals surface area contributed by atoms with E-state index < -0.39 is 29.6 Å². The first-order chi connectivity index (χ1) is 11.3. The highest BCUT2D eigenvalue weighted by molar-refractivity contribution is 5.95. The molecule has 0 radical (unpaired) electrons. The maximum Gasteiger partial charge on any atom is 0.471 e. The second-order valence-corrected chi connectivity index (χ2v) is 4.75. The Morgan fingerprint density at radius 1 is 1.42 bits per heavy atom. The lowest BCUT2D eigenvalue weighted by molar-refractivity contribution is -0.159. The minimum absolute atomic E-state index is 0.0323. The molecule has 0 unspecified atom stereocenters. The predicted molar refractivity (Wildman–Crippen MR) is 76.5 cm³/mol. The molecule has 0 aliphatic heterocycles. The van der Waals surface area contributed by atoms with Crippen molar-refractivity contribution < 1.29 is 26.9 Å². The Morgan fingerprint density at radius 2 is 2.12 bits per heavy atom. The van der Waals surface area contributed by atoms with Crippen LogP contribution in [0.5, 0.6) is 0 Å². The van der Waals surface area contributed by atoms with E-state index in [1.807, 2.05) is 0 Å². The van der Waals surface area contributed by atoms with Gasteiger partial charge in [-0.2, -0.15) is 18.2 Å².